The largest absolute Gasteiger partial charge is 0.505 e. The van der Waals surface area contributed by atoms with Crippen LogP contribution >= 0.6 is 23.2 Å². The van der Waals surface area contributed by atoms with Gasteiger partial charge in [0.1, 0.15) is 5.60 Å². The molecule has 7 nitrogen and oxygen atoms in total. The zero-order valence-corrected chi connectivity index (χ0v) is 23.8. The standard InChI is InChI=1S/C29H33Cl2N3O4/c1-16(35)22-15-32-25-11-6-17(18-13-23(30)27(36)24(31)14-18)12-21(25)26(22)33-19-7-9-20(10-8-19)34(5)28(37)38-29(2,3)4/h6,11-15,19-20,36H,7-10H2,1-5H3,(H,32,33)/t19-,20-. The number of phenolic OH excluding ortho intramolecular Hbond substituents is 1. The number of pyridine rings is 1. The maximum atomic E-state index is 12.6. The minimum atomic E-state index is -0.536. The van der Waals surface area contributed by atoms with Crippen LogP contribution in [-0.4, -0.2) is 51.6 Å². The molecular formula is C29H33Cl2N3O4. The number of benzene rings is 2. The van der Waals surface area contributed by atoms with Gasteiger partial charge in [0.2, 0.25) is 0 Å². The number of hydrogen-bond acceptors (Lipinski definition) is 6. The molecule has 1 aliphatic rings. The average molecular weight is 559 g/mol. The molecule has 2 N–H and O–H groups in total. The number of hydrogen-bond donors (Lipinski definition) is 2. The Balaban J connectivity index is 1.60. The van der Waals surface area contributed by atoms with Crippen molar-refractivity contribution in [1.82, 2.24) is 9.88 Å². The number of phenols is 1. The Morgan fingerprint density at radius 1 is 1.05 bits per heavy atom. The lowest BCUT2D eigenvalue weighted by Crippen LogP contribution is -2.43. The van der Waals surface area contributed by atoms with Gasteiger partial charge in [-0.15, -0.1) is 0 Å². The Hall–Kier alpha value is -3.03. The predicted octanol–water partition coefficient (Wildman–Crippen LogP) is 7.71. The highest BCUT2D eigenvalue weighted by atomic mass is 35.5. The van der Waals surface area contributed by atoms with Gasteiger partial charge in [-0.3, -0.25) is 9.78 Å². The molecule has 0 radical (unpaired) electrons. The summed E-state index contributed by atoms with van der Waals surface area (Å²) in [5.41, 5.74) is 3.04. The fourth-order valence-electron chi connectivity index (χ4n) is 4.82. The van der Waals surface area contributed by atoms with Gasteiger partial charge in [0, 0.05) is 30.7 Å². The van der Waals surface area contributed by atoms with Gasteiger partial charge in [-0.25, -0.2) is 4.79 Å². The Morgan fingerprint density at radius 3 is 2.26 bits per heavy atom. The van der Waals surface area contributed by atoms with E-state index in [0.717, 1.165) is 53.4 Å². The van der Waals surface area contributed by atoms with E-state index >= 15 is 0 Å². The number of fused-ring (bicyclic) bond motifs is 1. The molecule has 202 valence electrons. The van der Waals surface area contributed by atoms with Gasteiger partial charge in [0.15, 0.2) is 11.5 Å². The minimum Gasteiger partial charge on any atom is -0.505 e. The molecule has 0 spiro atoms. The molecule has 1 fully saturated rings. The highest BCUT2D eigenvalue weighted by Crippen LogP contribution is 2.38. The van der Waals surface area contributed by atoms with E-state index < -0.39 is 5.60 Å². The summed E-state index contributed by atoms with van der Waals surface area (Å²) in [6.07, 6.45) is 4.62. The van der Waals surface area contributed by atoms with Crippen LogP contribution in [0.4, 0.5) is 10.5 Å². The van der Waals surface area contributed by atoms with Crippen LogP contribution < -0.4 is 5.32 Å². The number of aromatic hydroxyl groups is 1. The van der Waals surface area contributed by atoms with Gasteiger partial charge in [0.05, 0.1) is 26.8 Å². The molecular weight excluding hydrogens is 525 g/mol. The second kappa shape index (κ2) is 11.0. The fraction of sp³-hybridized carbons (Fsp3) is 0.414. The first kappa shape index (κ1) is 28.0. The molecule has 0 atom stereocenters. The van der Waals surface area contributed by atoms with Crippen LogP contribution in [-0.2, 0) is 4.74 Å². The lowest BCUT2D eigenvalue weighted by atomic mass is 9.89. The van der Waals surface area contributed by atoms with Crippen molar-refractivity contribution in [3.8, 4) is 16.9 Å². The van der Waals surface area contributed by atoms with Crippen molar-refractivity contribution in [2.45, 2.75) is 71.1 Å². The number of carbonyl (C=O) groups excluding carboxylic acids is 2. The first-order valence-electron chi connectivity index (χ1n) is 12.7. The van der Waals surface area contributed by atoms with Gasteiger partial charge < -0.3 is 20.1 Å². The van der Waals surface area contributed by atoms with Crippen molar-refractivity contribution < 1.29 is 19.4 Å². The number of nitrogens with one attached hydrogen (secondary N) is 1. The smallest absolute Gasteiger partial charge is 0.410 e. The summed E-state index contributed by atoms with van der Waals surface area (Å²) in [5, 5.41) is 14.7. The summed E-state index contributed by atoms with van der Waals surface area (Å²) < 4.78 is 5.53. The normalized spacial score (nSPS) is 17.8. The van der Waals surface area contributed by atoms with Crippen molar-refractivity contribution in [1.29, 1.82) is 0 Å². The molecule has 1 aliphatic carbocycles. The molecule has 2 aromatic carbocycles. The SMILES string of the molecule is CC(=O)c1cnc2ccc(-c3cc(Cl)c(O)c(Cl)c3)cc2c1N[C@H]1CC[C@H](N(C)C(=O)OC(C)(C)C)CC1. The molecule has 0 saturated heterocycles. The van der Waals surface area contributed by atoms with E-state index in [2.05, 4.69) is 10.3 Å². The first-order valence-corrected chi connectivity index (χ1v) is 13.4. The number of carbonyl (C=O) groups is 2. The van der Waals surface area contributed by atoms with Crippen LogP contribution in [0.25, 0.3) is 22.0 Å². The number of rotatable bonds is 5. The van der Waals surface area contributed by atoms with Gasteiger partial charge in [-0.1, -0.05) is 29.3 Å². The van der Waals surface area contributed by atoms with E-state index in [1.807, 2.05) is 39.0 Å². The molecule has 0 unspecified atom stereocenters. The van der Waals surface area contributed by atoms with E-state index in [9.17, 15) is 14.7 Å². The minimum absolute atomic E-state index is 0.0821. The van der Waals surface area contributed by atoms with Crippen molar-refractivity contribution in [3.05, 3.63) is 52.1 Å². The maximum absolute atomic E-state index is 12.6. The lowest BCUT2D eigenvalue weighted by molar-refractivity contribution is 0.0185. The topological polar surface area (TPSA) is 91.8 Å². The first-order chi connectivity index (χ1) is 17.8. The number of ketones is 1. The van der Waals surface area contributed by atoms with E-state index in [-0.39, 0.29) is 39.8 Å². The lowest BCUT2D eigenvalue weighted by Gasteiger charge is -2.36. The summed E-state index contributed by atoms with van der Waals surface area (Å²) in [7, 11) is 1.79. The van der Waals surface area contributed by atoms with Crippen molar-refractivity contribution in [2.75, 3.05) is 12.4 Å². The van der Waals surface area contributed by atoms with E-state index in [1.54, 1.807) is 30.3 Å². The molecule has 1 heterocycles. The third kappa shape index (κ3) is 6.16. The zero-order chi connectivity index (χ0) is 27.8. The van der Waals surface area contributed by atoms with Gasteiger partial charge in [-0.05, 0) is 88.8 Å². The molecule has 38 heavy (non-hydrogen) atoms. The third-order valence-corrected chi connectivity index (χ3v) is 7.45. The molecule has 1 amide bonds. The highest BCUT2D eigenvalue weighted by Gasteiger charge is 2.30. The summed E-state index contributed by atoms with van der Waals surface area (Å²) >= 11 is 12.3. The zero-order valence-electron chi connectivity index (χ0n) is 22.3. The molecule has 0 bridgehead atoms. The fourth-order valence-corrected chi connectivity index (χ4v) is 5.31. The van der Waals surface area contributed by atoms with Crippen molar-refractivity contribution in [3.63, 3.8) is 0 Å². The average Bonchev–Trinajstić information content (AvgIpc) is 2.85. The maximum Gasteiger partial charge on any atom is 0.410 e. The molecule has 0 aliphatic heterocycles. The molecule has 1 saturated carbocycles. The Kier molecular flexibility index (Phi) is 8.09. The quantitative estimate of drug-likeness (QED) is 0.312. The van der Waals surface area contributed by atoms with E-state index in [1.165, 1.54) is 6.92 Å². The monoisotopic (exact) mass is 557 g/mol. The number of ether oxygens (including phenoxy) is 1. The second-order valence-corrected chi connectivity index (χ2v) is 11.7. The second-order valence-electron chi connectivity index (χ2n) is 10.9. The Labute approximate surface area is 233 Å². The van der Waals surface area contributed by atoms with Gasteiger partial charge in [-0.2, -0.15) is 0 Å². The Bertz CT molecular complexity index is 1360. The number of nitrogens with zero attached hydrogens (tertiary/aromatic N) is 2. The van der Waals surface area contributed by atoms with E-state index in [4.69, 9.17) is 27.9 Å². The summed E-state index contributed by atoms with van der Waals surface area (Å²) in [5.74, 6) is -0.241. The molecule has 9 heteroatoms. The summed E-state index contributed by atoms with van der Waals surface area (Å²) in [4.78, 5) is 31.3. The van der Waals surface area contributed by atoms with Crippen LogP contribution in [0.2, 0.25) is 10.0 Å². The van der Waals surface area contributed by atoms with Crippen LogP contribution in [0.15, 0.2) is 36.5 Å². The number of amides is 1. The van der Waals surface area contributed by atoms with Crippen LogP contribution in [0.3, 0.4) is 0 Å². The van der Waals surface area contributed by atoms with E-state index in [0.29, 0.717) is 5.56 Å². The Morgan fingerprint density at radius 2 is 1.68 bits per heavy atom. The van der Waals surface area contributed by atoms with Gasteiger partial charge >= 0.3 is 6.09 Å². The number of Topliss-reactive ketones (excluding diaryl/α,β-unsaturated/α-hetero) is 1. The number of halogens is 2. The summed E-state index contributed by atoms with van der Waals surface area (Å²) in [6.45, 7) is 7.12. The highest BCUT2D eigenvalue weighted by molar-refractivity contribution is 6.37. The van der Waals surface area contributed by atoms with Crippen LogP contribution in [0, 0.1) is 0 Å². The summed E-state index contributed by atoms with van der Waals surface area (Å²) in [6, 6.07) is 9.29. The molecule has 3 aromatic rings. The third-order valence-electron chi connectivity index (χ3n) is 6.87. The number of aromatic nitrogens is 1. The van der Waals surface area contributed by atoms with Gasteiger partial charge in [0.25, 0.3) is 0 Å². The van der Waals surface area contributed by atoms with Crippen LogP contribution in [0.5, 0.6) is 5.75 Å². The number of anilines is 1. The molecule has 4 rings (SSSR count). The van der Waals surface area contributed by atoms with Crippen LogP contribution in [0.1, 0.15) is 63.7 Å². The molecule has 1 aromatic heterocycles. The van der Waals surface area contributed by atoms with Crippen molar-refractivity contribution >= 4 is 51.7 Å². The van der Waals surface area contributed by atoms with Crippen molar-refractivity contribution in [2.24, 2.45) is 0 Å². The predicted molar refractivity (Wildman–Crippen MR) is 153 cm³/mol.